The molecule has 6 nitrogen and oxygen atoms in total. The van der Waals surface area contributed by atoms with Gasteiger partial charge in [-0.2, -0.15) is 0 Å². The molecule has 3 aromatic heterocycles. The number of rotatable bonds is 5. The lowest BCUT2D eigenvalue weighted by Crippen LogP contribution is -2.26. The molecule has 4 heterocycles. The Hall–Kier alpha value is -3.32. The van der Waals surface area contributed by atoms with Crippen molar-refractivity contribution in [3.63, 3.8) is 0 Å². The van der Waals surface area contributed by atoms with Crippen molar-refractivity contribution in [1.82, 2.24) is 24.3 Å². The first kappa shape index (κ1) is 21.5. The Morgan fingerprint density at radius 1 is 1.12 bits per heavy atom. The molecule has 0 bridgehead atoms. The minimum atomic E-state index is -0.255. The molecule has 0 N–H and O–H groups in total. The zero-order chi connectivity index (χ0) is 23.1. The number of pyridine rings is 1. The quantitative estimate of drug-likeness (QED) is 0.436. The van der Waals surface area contributed by atoms with Crippen molar-refractivity contribution < 1.29 is 4.39 Å². The summed E-state index contributed by atoms with van der Waals surface area (Å²) >= 11 is 0. The van der Waals surface area contributed by atoms with E-state index in [-0.39, 0.29) is 11.9 Å². The molecule has 7 heteroatoms. The fourth-order valence-electron chi connectivity index (χ4n) is 4.81. The monoisotopic (exact) mass is 444 g/mol. The fraction of sp³-hybridized carbons (Fsp3) is 0.346. The van der Waals surface area contributed by atoms with Gasteiger partial charge in [-0.1, -0.05) is 18.2 Å². The minimum absolute atomic E-state index is 0.125. The summed E-state index contributed by atoms with van der Waals surface area (Å²) in [6.45, 7) is 5.94. The molecular weight excluding hydrogens is 415 g/mol. The van der Waals surface area contributed by atoms with Crippen LogP contribution in [0.15, 0.2) is 48.8 Å². The highest BCUT2D eigenvalue weighted by molar-refractivity contribution is 5.66. The molecule has 1 saturated heterocycles. The number of aromatic nitrogens is 4. The van der Waals surface area contributed by atoms with E-state index in [1.807, 2.05) is 31.3 Å². The van der Waals surface area contributed by atoms with Crippen LogP contribution >= 0.6 is 0 Å². The van der Waals surface area contributed by atoms with E-state index in [2.05, 4.69) is 46.5 Å². The maximum atomic E-state index is 14.1. The second kappa shape index (κ2) is 8.56. The third-order valence-electron chi connectivity index (χ3n) is 6.52. The second-order valence-electron chi connectivity index (χ2n) is 9.03. The van der Waals surface area contributed by atoms with Gasteiger partial charge in [-0.25, -0.2) is 19.3 Å². The molecule has 0 unspecified atom stereocenters. The van der Waals surface area contributed by atoms with Gasteiger partial charge in [0.1, 0.15) is 11.5 Å². The van der Waals surface area contributed by atoms with Crippen molar-refractivity contribution in [2.75, 3.05) is 25.5 Å². The van der Waals surface area contributed by atoms with Crippen LogP contribution in [-0.4, -0.2) is 44.9 Å². The van der Waals surface area contributed by atoms with Crippen LogP contribution in [0.5, 0.6) is 0 Å². The van der Waals surface area contributed by atoms with Crippen LogP contribution < -0.4 is 4.90 Å². The lowest BCUT2D eigenvalue weighted by atomic mass is 9.99. The number of imidazole rings is 1. The van der Waals surface area contributed by atoms with Gasteiger partial charge < -0.3 is 9.30 Å². The first-order chi connectivity index (χ1) is 15.9. The summed E-state index contributed by atoms with van der Waals surface area (Å²) in [5.41, 5.74) is 7.10. The summed E-state index contributed by atoms with van der Waals surface area (Å²) in [4.78, 5) is 18.7. The average Bonchev–Trinajstić information content (AvgIpc) is 3.39. The standard InChI is InChI=1S/C26H29FN6/c1-17-8-6-13-33-23(18(2)29-25(17)33)16-32-12-7-11-22(32)24-21(15-28-26(30-24)31(3)4)19-9-5-10-20(27)14-19/h5-6,8-10,13-15,22H,7,11-12,16H2,1-4H3/t22-/m1/s1. The van der Waals surface area contributed by atoms with E-state index < -0.39 is 0 Å². The average molecular weight is 445 g/mol. The summed E-state index contributed by atoms with van der Waals surface area (Å²) in [5.74, 6) is 0.411. The van der Waals surface area contributed by atoms with E-state index >= 15 is 0 Å². The Balaban J connectivity index is 1.57. The molecule has 0 radical (unpaired) electrons. The number of likely N-dealkylation sites (tertiary alicyclic amines) is 1. The molecule has 4 aromatic rings. The van der Waals surface area contributed by atoms with Gasteiger partial charge in [-0.15, -0.1) is 0 Å². The topological polar surface area (TPSA) is 49.6 Å². The summed E-state index contributed by atoms with van der Waals surface area (Å²) in [6, 6.07) is 11.0. The van der Waals surface area contributed by atoms with Crippen molar-refractivity contribution in [3.05, 3.63) is 77.3 Å². The Labute approximate surface area is 193 Å². The van der Waals surface area contributed by atoms with Crippen LogP contribution in [0.2, 0.25) is 0 Å². The molecule has 33 heavy (non-hydrogen) atoms. The number of hydrogen-bond acceptors (Lipinski definition) is 5. The van der Waals surface area contributed by atoms with Gasteiger partial charge in [0.2, 0.25) is 5.95 Å². The van der Waals surface area contributed by atoms with Gasteiger partial charge >= 0.3 is 0 Å². The summed E-state index contributed by atoms with van der Waals surface area (Å²) < 4.78 is 16.3. The van der Waals surface area contributed by atoms with Crippen LogP contribution in [0.4, 0.5) is 10.3 Å². The van der Waals surface area contributed by atoms with Crippen molar-refractivity contribution in [3.8, 4) is 11.1 Å². The van der Waals surface area contributed by atoms with Gasteiger partial charge in [0.25, 0.3) is 0 Å². The van der Waals surface area contributed by atoms with E-state index in [1.165, 1.54) is 17.3 Å². The van der Waals surface area contributed by atoms with Gasteiger partial charge in [0.05, 0.1) is 23.1 Å². The summed E-state index contributed by atoms with van der Waals surface area (Å²) in [5, 5.41) is 0. The third kappa shape index (κ3) is 3.97. The van der Waals surface area contributed by atoms with Gasteiger partial charge in [0.15, 0.2) is 0 Å². The maximum Gasteiger partial charge on any atom is 0.225 e. The molecule has 0 aliphatic carbocycles. The Morgan fingerprint density at radius 3 is 2.76 bits per heavy atom. The van der Waals surface area contributed by atoms with Gasteiger partial charge in [-0.05, 0) is 62.6 Å². The van der Waals surface area contributed by atoms with Gasteiger partial charge in [0, 0.05) is 38.6 Å². The van der Waals surface area contributed by atoms with E-state index in [0.29, 0.717) is 5.95 Å². The summed E-state index contributed by atoms with van der Waals surface area (Å²) in [7, 11) is 3.88. The molecular formula is C26H29FN6. The number of benzene rings is 1. The zero-order valence-electron chi connectivity index (χ0n) is 19.6. The molecule has 0 spiro atoms. The number of anilines is 1. The molecule has 1 aromatic carbocycles. The van der Waals surface area contributed by atoms with E-state index in [4.69, 9.17) is 9.97 Å². The lowest BCUT2D eigenvalue weighted by Gasteiger charge is -2.27. The molecule has 0 saturated carbocycles. The zero-order valence-corrected chi connectivity index (χ0v) is 19.6. The highest BCUT2D eigenvalue weighted by atomic mass is 19.1. The molecule has 170 valence electrons. The number of fused-ring (bicyclic) bond motifs is 1. The van der Waals surface area contributed by atoms with Crippen LogP contribution in [0.3, 0.4) is 0 Å². The van der Waals surface area contributed by atoms with Crippen molar-refractivity contribution in [2.24, 2.45) is 0 Å². The van der Waals surface area contributed by atoms with Crippen molar-refractivity contribution in [1.29, 1.82) is 0 Å². The number of hydrogen-bond donors (Lipinski definition) is 0. The largest absolute Gasteiger partial charge is 0.347 e. The molecule has 1 aliphatic heterocycles. The molecule has 1 aliphatic rings. The Morgan fingerprint density at radius 2 is 1.97 bits per heavy atom. The fourth-order valence-corrected chi connectivity index (χ4v) is 4.81. The first-order valence-electron chi connectivity index (χ1n) is 11.4. The highest BCUT2D eigenvalue weighted by Gasteiger charge is 2.31. The predicted octanol–water partition coefficient (Wildman–Crippen LogP) is 4.95. The highest BCUT2D eigenvalue weighted by Crippen LogP contribution is 2.38. The Kier molecular flexibility index (Phi) is 5.58. The van der Waals surface area contributed by atoms with Crippen LogP contribution in [0, 0.1) is 19.7 Å². The third-order valence-corrected chi connectivity index (χ3v) is 6.52. The number of aryl methyl sites for hydroxylation is 2. The van der Waals surface area contributed by atoms with E-state index in [0.717, 1.165) is 54.1 Å². The molecule has 5 rings (SSSR count). The van der Waals surface area contributed by atoms with Gasteiger partial charge in [-0.3, -0.25) is 4.90 Å². The normalized spacial score (nSPS) is 16.6. The molecule has 0 amide bonds. The summed E-state index contributed by atoms with van der Waals surface area (Å²) in [6.07, 6.45) is 6.02. The Bertz CT molecular complexity index is 1310. The van der Waals surface area contributed by atoms with Crippen molar-refractivity contribution >= 4 is 11.6 Å². The molecule has 1 fully saturated rings. The van der Waals surface area contributed by atoms with Crippen molar-refractivity contribution in [2.45, 2.75) is 39.3 Å². The second-order valence-corrected chi connectivity index (χ2v) is 9.03. The van der Waals surface area contributed by atoms with Crippen LogP contribution in [-0.2, 0) is 6.54 Å². The smallest absolute Gasteiger partial charge is 0.225 e. The van der Waals surface area contributed by atoms with Crippen LogP contribution in [0.1, 0.15) is 41.5 Å². The van der Waals surface area contributed by atoms with E-state index in [9.17, 15) is 4.39 Å². The minimum Gasteiger partial charge on any atom is -0.347 e. The predicted molar refractivity (Wildman–Crippen MR) is 129 cm³/mol. The number of halogens is 1. The number of nitrogens with zero attached hydrogens (tertiary/aromatic N) is 6. The maximum absolute atomic E-state index is 14.1. The van der Waals surface area contributed by atoms with E-state index in [1.54, 1.807) is 12.1 Å². The SMILES string of the molecule is Cc1nc2c(C)cccn2c1CN1CCC[C@@H]1c1nc(N(C)C)ncc1-c1cccc(F)c1. The molecule has 1 atom stereocenters. The lowest BCUT2D eigenvalue weighted by molar-refractivity contribution is 0.241. The van der Waals surface area contributed by atoms with Crippen LogP contribution in [0.25, 0.3) is 16.8 Å². The first-order valence-corrected chi connectivity index (χ1v) is 11.4.